The molecule has 0 spiro atoms. The van der Waals surface area contributed by atoms with Crippen LogP contribution in [0.3, 0.4) is 0 Å². The van der Waals surface area contributed by atoms with Gasteiger partial charge in [0.2, 0.25) is 0 Å². The number of hydrogen-bond donors (Lipinski definition) is 1. The van der Waals surface area contributed by atoms with Crippen molar-refractivity contribution in [3.63, 3.8) is 0 Å². The number of carbonyl (C=O) groups excluding carboxylic acids is 1. The highest BCUT2D eigenvalue weighted by Crippen LogP contribution is 2.38. The van der Waals surface area contributed by atoms with E-state index < -0.39 is 29.8 Å². The van der Waals surface area contributed by atoms with Gasteiger partial charge in [0, 0.05) is 6.42 Å². The van der Waals surface area contributed by atoms with Crippen LogP contribution in [0.5, 0.6) is 0 Å². The van der Waals surface area contributed by atoms with Crippen molar-refractivity contribution in [2.45, 2.75) is 25.1 Å². The molecule has 0 bridgehead atoms. The fourth-order valence-electron chi connectivity index (χ4n) is 2.18. The van der Waals surface area contributed by atoms with E-state index in [0.29, 0.717) is 0 Å². The quantitative estimate of drug-likeness (QED) is 0.928. The molecule has 1 atom stereocenters. The van der Waals surface area contributed by atoms with Crippen LogP contribution in [-0.2, 0) is 15.7 Å². The molecule has 1 aromatic rings. The van der Waals surface area contributed by atoms with Crippen molar-refractivity contribution in [3.05, 3.63) is 29.8 Å². The van der Waals surface area contributed by atoms with Crippen molar-refractivity contribution in [3.8, 4) is 0 Å². The monoisotopic (exact) mass is 303 g/mol. The minimum atomic E-state index is -4.61. The Morgan fingerprint density at radius 1 is 1.38 bits per heavy atom. The second-order valence-electron chi connectivity index (χ2n) is 4.55. The topological polar surface area (TPSA) is 66.8 Å². The number of rotatable bonds is 4. The van der Waals surface area contributed by atoms with E-state index in [9.17, 15) is 22.8 Å². The van der Waals surface area contributed by atoms with E-state index >= 15 is 0 Å². The first-order valence-corrected chi connectivity index (χ1v) is 6.14. The molecule has 21 heavy (non-hydrogen) atoms. The van der Waals surface area contributed by atoms with Gasteiger partial charge in [-0.1, -0.05) is 12.1 Å². The maximum absolute atomic E-state index is 13.0. The molecule has 1 amide bonds. The first kappa shape index (κ1) is 15.1. The van der Waals surface area contributed by atoms with Gasteiger partial charge in [0.1, 0.15) is 6.61 Å². The van der Waals surface area contributed by atoms with Gasteiger partial charge in [-0.2, -0.15) is 13.2 Å². The molecule has 5 nitrogen and oxygen atoms in total. The van der Waals surface area contributed by atoms with E-state index in [4.69, 9.17) is 9.84 Å². The summed E-state index contributed by atoms with van der Waals surface area (Å²) in [6, 6.07) is 3.92. The van der Waals surface area contributed by atoms with Crippen molar-refractivity contribution >= 4 is 17.7 Å². The Bertz CT molecular complexity index is 559. The summed E-state index contributed by atoms with van der Waals surface area (Å²) in [6.45, 7) is -0.127. The number of carboxylic acids is 1. The maximum Gasteiger partial charge on any atom is 0.418 e. The third-order valence-corrected chi connectivity index (χ3v) is 3.12. The maximum atomic E-state index is 13.0. The lowest BCUT2D eigenvalue weighted by Gasteiger charge is -2.24. The third-order valence-electron chi connectivity index (χ3n) is 3.12. The molecule has 114 valence electrons. The zero-order valence-corrected chi connectivity index (χ0v) is 10.8. The van der Waals surface area contributed by atoms with Gasteiger partial charge < -0.3 is 9.84 Å². The zero-order valence-electron chi connectivity index (χ0n) is 10.8. The molecule has 0 saturated carbocycles. The lowest BCUT2D eigenvalue weighted by molar-refractivity contribution is -0.138. The molecule has 0 aliphatic carbocycles. The number of cyclic esters (lactones) is 1. The van der Waals surface area contributed by atoms with E-state index in [1.807, 2.05) is 0 Å². The second-order valence-corrected chi connectivity index (χ2v) is 4.55. The molecule has 1 fully saturated rings. The number of hydrogen-bond acceptors (Lipinski definition) is 3. The number of nitrogens with zero attached hydrogens (tertiary/aromatic N) is 1. The van der Waals surface area contributed by atoms with Crippen molar-refractivity contribution < 1.29 is 32.6 Å². The van der Waals surface area contributed by atoms with E-state index in [0.717, 1.165) is 11.0 Å². The summed E-state index contributed by atoms with van der Waals surface area (Å²) in [6.07, 6.45) is -5.75. The molecular weight excluding hydrogens is 291 g/mol. The summed E-state index contributed by atoms with van der Waals surface area (Å²) in [4.78, 5) is 23.2. The van der Waals surface area contributed by atoms with Crippen LogP contribution in [-0.4, -0.2) is 29.8 Å². The normalized spacial score (nSPS) is 18.7. The van der Waals surface area contributed by atoms with Crippen LogP contribution < -0.4 is 4.90 Å². The minimum absolute atomic E-state index is 0.0211. The highest BCUT2D eigenvalue weighted by molar-refractivity contribution is 5.91. The molecule has 1 N–H and O–H groups in total. The lowest BCUT2D eigenvalue weighted by Crippen LogP contribution is -2.35. The summed E-state index contributed by atoms with van der Waals surface area (Å²) in [5, 5.41) is 8.66. The molecule has 1 saturated heterocycles. The Morgan fingerprint density at radius 3 is 2.67 bits per heavy atom. The van der Waals surface area contributed by atoms with Crippen LogP contribution in [0.15, 0.2) is 24.3 Å². The third kappa shape index (κ3) is 3.26. The Kier molecular flexibility index (Phi) is 4.06. The second kappa shape index (κ2) is 5.63. The number of amides is 1. The molecule has 0 aromatic heterocycles. The predicted molar refractivity (Wildman–Crippen MR) is 65.9 cm³/mol. The first-order valence-electron chi connectivity index (χ1n) is 6.14. The number of ether oxygens (including phenoxy) is 1. The average molecular weight is 303 g/mol. The van der Waals surface area contributed by atoms with Gasteiger partial charge in [-0.05, 0) is 18.6 Å². The van der Waals surface area contributed by atoms with Gasteiger partial charge in [0.05, 0.1) is 17.3 Å². The largest absolute Gasteiger partial charge is 0.481 e. The standard InChI is InChI=1S/C13H12F3NO4/c14-13(15,16)9-3-1-2-4-10(9)17-8(5-6-11(18)19)7-21-12(17)20/h1-4,8H,5-7H2,(H,18,19). The summed E-state index contributed by atoms with van der Waals surface area (Å²) >= 11 is 0. The SMILES string of the molecule is O=C(O)CCC1COC(=O)N1c1ccccc1C(F)(F)F. The van der Waals surface area contributed by atoms with E-state index in [1.54, 1.807) is 0 Å². The number of benzene rings is 1. The molecule has 1 heterocycles. The van der Waals surface area contributed by atoms with E-state index in [1.165, 1.54) is 18.2 Å². The predicted octanol–water partition coefficient (Wildman–Crippen LogP) is 2.90. The van der Waals surface area contributed by atoms with E-state index in [-0.39, 0.29) is 25.1 Å². The highest BCUT2D eigenvalue weighted by atomic mass is 19.4. The van der Waals surface area contributed by atoms with Crippen LogP contribution in [0, 0.1) is 0 Å². The van der Waals surface area contributed by atoms with E-state index in [2.05, 4.69) is 0 Å². The fraction of sp³-hybridized carbons (Fsp3) is 0.385. The summed E-state index contributed by atoms with van der Waals surface area (Å²) in [7, 11) is 0. The van der Waals surface area contributed by atoms with Crippen molar-refractivity contribution in [1.82, 2.24) is 0 Å². The van der Waals surface area contributed by atoms with Crippen LogP contribution in [0.1, 0.15) is 18.4 Å². The van der Waals surface area contributed by atoms with Gasteiger partial charge in [-0.15, -0.1) is 0 Å². The lowest BCUT2D eigenvalue weighted by atomic mass is 10.1. The van der Waals surface area contributed by atoms with Crippen molar-refractivity contribution in [2.24, 2.45) is 0 Å². The fourth-order valence-corrected chi connectivity index (χ4v) is 2.18. The average Bonchev–Trinajstić information content (AvgIpc) is 2.76. The molecular formula is C13H12F3NO4. The Morgan fingerprint density at radius 2 is 2.05 bits per heavy atom. The number of anilines is 1. The Labute approximate surface area is 117 Å². The molecule has 1 aliphatic heterocycles. The number of carbonyl (C=O) groups is 2. The Balaban J connectivity index is 2.34. The number of aliphatic carboxylic acids is 1. The summed E-state index contributed by atoms with van der Waals surface area (Å²) < 4.78 is 43.8. The minimum Gasteiger partial charge on any atom is -0.481 e. The molecule has 1 aliphatic rings. The van der Waals surface area contributed by atoms with Crippen molar-refractivity contribution in [1.29, 1.82) is 0 Å². The van der Waals surface area contributed by atoms with Gasteiger partial charge >= 0.3 is 18.2 Å². The Hall–Kier alpha value is -2.25. The highest BCUT2D eigenvalue weighted by Gasteiger charge is 2.41. The molecule has 1 aromatic carbocycles. The first-order chi connectivity index (χ1) is 9.80. The van der Waals surface area contributed by atoms with Gasteiger partial charge in [0.15, 0.2) is 0 Å². The van der Waals surface area contributed by atoms with Crippen molar-refractivity contribution in [2.75, 3.05) is 11.5 Å². The number of carboxylic acid groups (broad SMARTS) is 1. The van der Waals surface area contributed by atoms with Gasteiger partial charge in [-0.3, -0.25) is 9.69 Å². The van der Waals surface area contributed by atoms with Crippen LogP contribution in [0.25, 0.3) is 0 Å². The number of para-hydroxylation sites is 1. The molecule has 2 rings (SSSR count). The van der Waals surface area contributed by atoms with Crippen LogP contribution in [0.2, 0.25) is 0 Å². The molecule has 0 radical (unpaired) electrons. The van der Waals surface area contributed by atoms with Crippen LogP contribution in [0.4, 0.5) is 23.7 Å². The summed E-state index contributed by atoms with van der Waals surface area (Å²) in [5.41, 5.74) is -1.27. The number of halogens is 3. The molecule has 8 heteroatoms. The number of alkyl halides is 3. The smallest absolute Gasteiger partial charge is 0.418 e. The zero-order chi connectivity index (χ0) is 15.6. The molecule has 1 unspecified atom stereocenters. The van der Waals surface area contributed by atoms with Gasteiger partial charge in [0.25, 0.3) is 0 Å². The van der Waals surface area contributed by atoms with Gasteiger partial charge in [-0.25, -0.2) is 4.79 Å². The summed E-state index contributed by atoms with van der Waals surface area (Å²) in [5.74, 6) is -1.08. The van der Waals surface area contributed by atoms with Crippen LogP contribution >= 0.6 is 0 Å².